The SMILES string of the molecule is COC(=O)C1CN(C(=O)c2ccc(COC(C)C)cc2)c2ccccc2O1. The van der Waals surface area contributed by atoms with Gasteiger partial charge in [0.1, 0.15) is 5.75 Å². The maximum absolute atomic E-state index is 13.1. The molecule has 2 aromatic rings. The second-order valence-electron chi connectivity index (χ2n) is 6.57. The Balaban J connectivity index is 1.83. The number of rotatable bonds is 5. The molecule has 1 atom stereocenters. The summed E-state index contributed by atoms with van der Waals surface area (Å²) in [5.74, 6) is -0.228. The Kier molecular flexibility index (Phi) is 5.76. The molecule has 0 N–H and O–H groups in total. The third-order valence-corrected chi connectivity index (χ3v) is 4.27. The van der Waals surface area contributed by atoms with Gasteiger partial charge in [0.15, 0.2) is 0 Å². The first-order chi connectivity index (χ1) is 13.0. The molecule has 1 unspecified atom stereocenters. The molecule has 0 bridgehead atoms. The number of esters is 1. The summed E-state index contributed by atoms with van der Waals surface area (Å²) >= 11 is 0. The predicted molar refractivity (Wildman–Crippen MR) is 101 cm³/mol. The maximum atomic E-state index is 13.1. The van der Waals surface area contributed by atoms with Crippen molar-refractivity contribution in [2.75, 3.05) is 18.6 Å². The highest BCUT2D eigenvalue weighted by atomic mass is 16.6. The van der Waals surface area contributed by atoms with Crippen LogP contribution < -0.4 is 9.64 Å². The molecule has 0 aliphatic carbocycles. The Bertz CT molecular complexity index is 816. The normalized spacial score (nSPS) is 15.9. The van der Waals surface area contributed by atoms with Gasteiger partial charge in [0.2, 0.25) is 6.10 Å². The van der Waals surface area contributed by atoms with Gasteiger partial charge in [0, 0.05) is 5.56 Å². The van der Waals surface area contributed by atoms with Crippen molar-refractivity contribution in [2.24, 2.45) is 0 Å². The number of benzene rings is 2. The molecule has 142 valence electrons. The van der Waals surface area contributed by atoms with Gasteiger partial charge in [0.25, 0.3) is 5.91 Å². The molecule has 27 heavy (non-hydrogen) atoms. The van der Waals surface area contributed by atoms with Gasteiger partial charge < -0.3 is 19.1 Å². The minimum atomic E-state index is -0.854. The topological polar surface area (TPSA) is 65.1 Å². The molecule has 2 aromatic carbocycles. The van der Waals surface area contributed by atoms with E-state index in [0.29, 0.717) is 23.6 Å². The van der Waals surface area contributed by atoms with E-state index in [1.165, 1.54) is 7.11 Å². The van der Waals surface area contributed by atoms with Gasteiger partial charge in [-0.2, -0.15) is 0 Å². The zero-order chi connectivity index (χ0) is 19.4. The van der Waals surface area contributed by atoms with E-state index in [9.17, 15) is 9.59 Å². The van der Waals surface area contributed by atoms with Crippen molar-refractivity contribution in [3.05, 3.63) is 59.7 Å². The fourth-order valence-electron chi connectivity index (χ4n) is 2.84. The summed E-state index contributed by atoms with van der Waals surface area (Å²) in [7, 11) is 1.30. The van der Waals surface area contributed by atoms with E-state index in [-0.39, 0.29) is 18.6 Å². The summed E-state index contributed by atoms with van der Waals surface area (Å²) in [5, 5.41) is 0. The van der Waals surface area contributed by atoms with E-state index < -0.39 is 12.1 Å². The van der Waals surface area contributed by atoms with Crippen LogP contribution in [0.1, 0.15) is 29.8 Å². The fourth-order valence-corrected chi connectivity index (χ4v) is 2.84. The van der Waals surface area contributed by atoms with Crippen LogP contribution in [0.3, 0.4) is 0 Å². The van der Waals surface area contributed by atoms with Crippen LogP contribution in [0.25, 0.3) is 0 Å². The minimum Gasteiger partial charge on any atom is -0.475 e. The molecular weight excluding hydrogens is 346 g/mol. The molecule has 3 rings (SSSR count). The van der Waals surface area contributed by atoms with Gasteiger partial charge in [-0.3, -0.25) is 4.79 Å². The van der Waals surface area contributed by atoms with Gasteiger partial charge in [-0.1, -0.05) is 24.3 Å². The predicted octanol–water partition coefficient (Wildman–Crippen LogP) is 3.19. The van der Waals surface area contributed by atoms with Crippen molar-refractivity contribution in [3.63, 3.8) is 0 Å². The molecule has 6 heteroatoms. The number of para-hydroxylation sites is 2. The molecule has 0 fully saturated rings. The van der Waals surface area contributed by atoms with E-state index in [1.807, 2.05) is 32.0 Å². The van der Waals surface area contributed by atoms with Crippen molar-refractivity contribution in [1.29, 1.82) is 0 Å². The number of carbonyl (C=O) groups excluding carboxylic acids is 2. The van der Waals surface area contributed by atoms with Crippen molar-refractivity contribution in [3.8, 4) is 5.75 Å². The van der Waals surface area contributed by atoms with Gasteiger partial charge in [-0.15, -0.1) is 0 Å². The quantitative estimate of drug-likeness (QED) is 0.758. The highest BCUT2D eigenvalue weighted by molar-refractivity contribution is 6.07. The molecule has 0 spiro atoms. The lowest BCUT2D eigenvalue weighted by Crippen LogP contribution is -2.47. The molecule has 0 radical (unpaired) electrons. The Morgan fingerprint density at radius 3 is 2.52 bits per heavy atom. The lowest BCUT2D eigenvalue weighted by atomic mass is 10.1. The second-order valence-corrected chi connectivity index (χ2v) is 6.57. The van der Waals surface area contributed by atoms with Crippen molar-refractivity contribution in [2.45, 2.75) is 32.7 Å². The molecule has 6 nitrogen and oxygen atoms in total. The van der Waals surface area contributed by atoms with Gasteiger partial charge >= 0.3 is 5.97 Å². The zero-order valence-electron chi connectivity index (χ0n) is 15.7. The molecule has 1 aliphatic rings. The Morgan fingerprint density at radius 1 is 1.15 bits per heavy atom. The number of anilines is 1. The number of nitrogens with zero attached hydrogens (tertiary/aromatic N) is 1. The van der Waals surface area contributed by atoms with Crippen LogP contribution >= 0.6 is 0 Å². The number of methoxy groups -OCH3 is 1. The highest BCUT2D eigenvalue weighted by Crippen LogP contribution is 2.34. The Morgan fingerprint density at radius 2 is 1.85 bits per heavy atom. The third-order valence-electron chi connectivity index (χ3n) is 4.27. The van der Waals surface area contributed by atoms with Crippen LogP contribution in [0.15, 0.2) is 48.5 Å². The van der Waals surface area contributed by atoms with E-state index in [4.69, 9.17) is 14.2 Å². The monoisotopic (exact) mass is 369 g/mol. The smallest absolute Gasteiger partial charge is 0.348 e. The lowest BCUT2D eigenvalue weighted by Gasteiger charge is -2.33. The summed E-state index contributed by atoms with van der Waals surface area (Å²) in [6.07, 6.45) is -0.709. The average Bonchev–Trinajstić information content (AvgIpc) is 2.70. The maximum Gasteiger partial charge on any atom is 0.348 e. The van der Waals surface area contributed by atoms with E-state index in [1.54, 1.807) is 35.2 Å². The number of ether oxygens (including phenoxy) is 3. The Hall–Kier alpha value is -2.86. The minimum absolute atomic E-state index is 0.0979. The molecule has 0 saturated heterocycles. The number of hydrogen-bond acceptors (Lipinski definition) is 5. The third kappa shape index (κ3) is 4.28. The van der Waals surface area contributed by atoms with Crippen molar-refractivity contribution in [1.82, 2.24) is 0 Å². The van der Waals surface area contributed by atoms with E-state index in [0.717, 1.165) is 5.56 Å². The summed E-state index contributed by atoms with van der Waals surface area (Å²) in [6, 6.07) is 14.4. The largest absolute Gasteiger partial charge is 0.475 e. The van der Waals surface area contributed by atoms with Crippen LogP contribution in [-0.4, -0.2) is 37.7 Å². The first-order valence-electron chi connectivity index (χ1n) is 8.85. The molecular formula is C21H23NO5. The van der Waals surface area contributed by atoms with Crippen LogP contribution in [0.2, 0.25) is 0 Å². The number of amides is 1. The zero-order valence-corrected chi connectivity index (χ0v) is 15.7. The van der Waals surface area contributed by atoms with Gasteiger partial charge in [-0.05, 0) is 43.7 Å². The average molecular weight is 369 g/mol. The van der Waals surface area contributed by atoms with E-state index >= 15 is 0 Å². The number of carbonyl (C=O) groups is 2. The molecule has 1 amide bonds. The van der Waals surface area contributed by atoms with Crippen LogP contribution in [-0.2, 0) is 20.9 Å². The highest BCUT2D eigenvalue weighted by Gasteiger charge is 2.34. The first kappa shape index (κ1) is 18.9. The summed E-state index contributed by atoms with van der Waals surface area (Å²) in [5.41, 5.74) is 2.16. The van der Waals surface area contributed by atoms with E-state index in [2.05, 4.69) is 0 Å². The van der Waals surface area contributed by atoms with Gasteiger partial charge in [0.05, 0.1) is 32.1 Å². The fraction of sp³-hybridized carbons (Fsp3) is 0.333. The number of fused-ring (bicyclic) bond motifs is 1. The van der Waals surface area contributed by atoms with Crippen LogP contribution in [0, 0.1) is 0 Å². The summed E-state index contributed by atoms with van der Waals surface area (Å²) < 4.78 is 16.1. The molecule has 1 heterocycles. The van der Waals surface area contributed by atoms with Crippen LogP contribution in [0.4, 0.5) is 5.69 Å². The summed E-state index contributed by atoms with van der Waals surface area (Å²) in [6.45, 7) is 4.55. The molecule has 0 aromatic heterocycles. The van der Waals surface area contributed by atoms with Crippen LogP contribution in [0.5, 0.6) is 5.75 Å². The number of hydrogen-bond donors (Lipinski definition) is 0. The summed E-state index contributed by atoms with van der Waals surface area (Å²) in [4.78, 5) is 26.6. The van der Waals surface area contributed by atoms with Crippen molar-refractivity contribution >= 4 is 17.6 Å². The second kappa shape index (κ2) is 8.22. The van der Waals surface area contributed by atoms with Crippen molar-refractivity contribution < 1.29 is 23.8 Å². The Labute approximate surface area is 158 Å². The van der Waals surface area contributed by atoms with Gasteiger partial charge in [-0.25, -0.2) is 4.79 Å². The first-order valence-corrected chi connectivity index (χ1v) is 8.85. The lowest BCUT2D eigenvalue weighted by molar-refractivity contribution is -0.148. The standard InChI is InChI=1S/C21H23NO5/c1-14(2)26-13-15-8-10-16(11-9-15)20(23)22-12-19(21(24)25-3)27-18-7-5-4-6-17(18)22/h4-11,14,19H,12-13H2,1-3H3. The molecule has 0 saturated carbocycles. The molecule has 1 aliphatic heterocycles.